The third-order valence-corrected chi connectivity index (χ3v) is 16.7. The first-order valence-corrected chi connectivity index (χ1v) is 27.2. The number of likely N-dealkylation sites (tertiary alicyclic amines) is 1. The highest BCUT2D eigenvalue weighted by atomic mass is 32.1. The van der Waals surface area contributed by atoms with E-state index in [1.807, 2.05) is 120 Å². The molecule has 3 N–H and O–H groups in total. The lowest BCUT2D eigenvalue weighted by Gasteiger charge is -2.39. The second kappa shape index (κ2) is 20.6. The van der Waals surface area contributed by atoms with Gasteiger partial charge in [-0.25, -0.2) is 14.8 Å². The number of thiazole rings is 1. The number of carbonyl (C=O) groups excluding carboxylic acids is 5. The molecule has 4 aliphatic rings. The molecule has 11 rings (SSSR count). The smallest absolute Gasteiger partial charge is 0.358 e. The summed E-state index contributed by atoms with van der Waals surface area (Å²) >= 11 is 1.44. The minimum atomic E-state index is -0.752. The fourth-order valence-electron chi connectivity index (χ4n) is 11.8. The summed E-state index contributed by atoms with van der Waals surface area (Å²) < 4.78 is 15.4. The van der Waals surface area contributed by atoms with Crippen molar-refractivity contribution < 1.29 is 33.4 Å². The zero-order valence-electron chi connectivity index (χ0n) is 43.7. The summed E-state index contributed by atoms with van der Waals surface area (Å²) in [5.41, 5.74) is 7.65. The Balaban J connectivity index is 0.718. The molecule has 6 heterocycles. The number of amides is 4. The number of aromatic nitrogens is 4. The highest BCUT2D eigenvalue weighted by Crippen LogP contribution is 2.49. The van der Waals surface area contributed by atoms with E-state index in [2.05, 4.69) is 41.9 Å². The fourth-order valence-corrected chi connectivity index (χ4v) is 12.6. The van der Waals surface area contributed by atoms with Crippen LogP contribution in [0.2, 0.25) is 0 Å². The van der Waals surface area contributed by atoms with Gasteiger partial charge in [0.05, 0.1) is 40.5 Å². The van der Waals surface area contributed by atoms with Crippen LogP contribution in [0.15, 0.2) is 91.0 Å². The van der Waals surface area contributed by atoms with E-state index in [-0.39, 0.29) is 41.2 Å². The number of piperidine rings is 2. The van der Waals surface area contributed by atoms with Crippen LogP contribution in [0.25, 0.3) is 32.2 Å². The maximum Gasteiger partial charge on any atom is 0.358 e. The van der Waals surface area contributed by atoms with Gasteiger partial charge in [0.15, 0.2) is 10.8 Å². The number of aryl methyl sites for hydroxylation is 1. The van der Waals surface area contributed by atoms with Crippen molar-refractivity contribution >= 4 is 78.7 Å². The van der Waals surface area contributed by atoms with Crippen molar-refractivity contribution in [2.45, 2.75) is 97.1 Å². The summed E-state index contributed by atoms with van der Waals surface area (Å²) in [5, 5.41) is 14.5. The second-order valence-electron chi connectivity index (χ2n) is 22.0. The zero-order valence-corrected chi connectivity index (χ0v) is 44.5. The first-order chi connectivity index (χ1) is 36.5. The monoisotopic (exact) mass is 1040 g/mol. The van der Waals surface area contributed by atoms with E-state index in [0.717, 1.165) is 94.3 Å². The Morgan fingerprint density at radius 2 is 1.68 bits per heavy atom. The van der Waals surface area contributed by atoms with E-state index < -0.39 is 17.5 Å². The van der Waals surface area contributed by atoms with Crippen LogP contribution in [-0.2, 0) is 39.1 Å². The van der Waals surface area contributed by atoms with Crippen molar-refractivity contribution in [2.24, 2.45) is 18.4 Å². The largest absolute Gasteiger partial charge is 0.493 e. The molecule has 392 valence electrons. The summed E-state index contributed by atoms with van der Waals surface area (Å²) in [6.07, 6.45) is 6.73. The van der Waals surface area contributed by atoms with Gasteiger partial charge in [0.25, 0.3) is 5.91 Å². The lowest BCUT2D eigenvalue weighted by molar-refractivity contribution is -0.134. The molecule has 3 fully saturated rings. The first kappa shape index (κ1) is 50.6. The maximum absolute atomic E-state index is 14.1. The summed E-state index contributed by atoms with van der Waals surface area (Å²) in [7, 11) is 1.82. The number of nitrogens with zero attached hydrogens (tertiary/aromatic N) is 6. The normalized spacial score (nSPS) is 18.7. The highest BCUT2D eigenvalue weighted by molar-refractivity contribution is 7.22. The molecule has 17 heteroatoms. The Hall–Kier alpha value is -7.50. The molecular formula is C59H63N9O7S. The van der Waals surface area contributed by atoms with E-state index >= 15 is 0 Å². The number of imide groups is 1. The van der Waals surface area contributed by atoms with Crippen molar-refractivity contribution in [1.82, 2.24) is 30.0 Å². The summed E-state index contributed by atoms with van der Waals surface area (Å²) in [4.78, 5) is 79.7. The number of carbonyl (C=O) groups is 5. The number of pyridine rings is 1. The molecular weight excluding hydrogens is 979 g/mol. The third-order valence-electron chi connectivity index (χ3n) is 15.7. The van der Waals surface area contributed by atoms with Crippen LogP contribution in [0.1, 0.15) is 115 Å². The molecule has 3 aliphatic heterocycles. The predicted octanol–water partition coefficient (Wildman–Crippen LogP) is 9.74. The van der Waals surface area contributed by atoms with Crippen molar-refractivity contribution in [3.8, 4) is 16.9 Å². The molecule has 2 saturated heterocycles. The van der Waals surface area contributed by atoms with Crippen LogP contribution < -0.4 is 25.6 Å². The number of hydrogen-bond donors (Lipinski definition) is 3. The van der Waals surface area contributed by atoms with E-state index in [1.165, 1.54) is 11.3 Å². The number of ether oxygens (including phenoxy) is 2. The van der Waals surface area contributed by atoms with Gasteiger partial charge in [-0.3, -0.25) is 39.4 Å². The van der Waals surface area contributed by atoms with Crippen LogP contribution >= 0.6 is 11.3 Å². The first-order valence-electron chi connectivity index (χ1n) is 26.4. The zero-order chi connectivity index (χ0) is 52.9. The Kier molecular flexibility index (Phi) is 13.7. The van der Waals surface area contributed by atoms with Crippen LogP contribution in [0, 0.1) is 18.3 Å². The van der Waals surface area contributed by atoms with E-state index in [1.54, 1.807) is 4.68 Å². The average Bonchev–Trinajstić information content (AvgIpc) is 4.11. The minimum Gasteiger partial charge on any atom is -0.493 e. The van der Waals surface area contributed by atoms with Gasteiger partial charge in [-0.2, -0.15) is 5.10 Å². The summed E-state index contributed by atoms with van der Waals surface area (Å²) in [5.74, 6) is -0.111. The number of anilines is 3. The number of hydrogen-bond acceptors (Lipinski definition) is 13. The summed E-state index contributed by atoms with van der Waals surface area (Å²) in [6, 6.07) is 29.1. The Bertz CT molecular complexity index is 3410. The third kappa shape index (κ3) is 10.5. The van der Waals surface area contributed by atoms with Gasteiger partial charge >= 0.3 is 5.97 Å². The van der Waals surface area contributed by atoms with Gasteiger partial charge < -0.3 is 19.7 Å². The van der Waals surface area contributed by atoms with Crippen LogP contribution in [-0.4, -0.2) is 92.6 Å². The molecule has 1 saturated carbocycles. The molecule has 1 spiro atoms. The standard InChI is InChI=1S/C59H63N9O7S/c1-35-39(40-18-20-49(62-53(40)56(73)75-58(2,3)4)68-27-23-37-10-8-12-41(44(37)32-68)54(71)64-57-61-45-13-6-7-15-48(45)76-57)11-9-14-47(35)74-34-36-22-24-59(31-36)25-28-67(29-26-59)33-51(70)60-38-16-17-42-46(30-38)66(5)65-52(42)43-19-21-50(69)63-55(43)72/h6-18,20,30,36,43H,19,21-29,31-34H2,1-5H3,(H,60,70)(H,61,64,71)(H,63,69,72)/t36-,43?/m1/s1. The minimum absolute atomic E-state index is 0.0741. The van der Waals surface area contributed by atoms with E-state index in [4.69, 9.17) is 14.5 Å². The molecule has 1 unspecified atom stereocenters. The number of rotatable bonds is 12. The SMILES string of the molecule is Cc1c(OC[C@@H]2CCC3(CCN(CC(=O)Nc4ccc5c(C6CCC(=O)NC6=O)nn(C)c5c4)CC3)C2)cccc1-c1ccc(N2CCc3cccc(C(=O)Nc4nc5ccccc5s4)c3C2)nc1C(=O)OC(C)(C)C. The number of nitrogens with one attached hydrogen (secondary N) is 3. The Morgan fingerprint density at radius 3 is 2.49 bits per heavy atom. The van der Waals surface area contributed by atoms with Crippen molar-refractivity contribution in [3.63, 3.8) is 0 Å². The van der Waals surface area contributed by atoms with Gasteiger partial charge in [0.2, 0.25) is 17.7 Å². The lowest BCUT2D eigenvalue weighted by Crippen LogP contribution is -2.42. The predicted molar refractivity (Wildman–Crippen MR) is 294 cm³/mol. The molecule has 16 nitrogen and oxygen atoms in total. The number of fused-ring (bicyclic) bond motifs is 3. The van der Waals surface area contributed by atoms with Gasteiger partial charge in [0.1, 0.15) is 17.2 Å². The quantitative estimate of drug-likeness (QED) is 0.0777. The molecule has 2 atom stereocenters. The van der Waals surface area contributed by atoms with E-state index in [9.17, 15) is 24.0 Å². The second-order valence-corrected chi connectivity index (χ2v) is 23.1. The van der Waals surface area contributed by atoms with Gasteiger partial charge in [0, 0.05) is 48.8 Å². The fraction of sp³-hybridized carbons (Fsp3) is 0.390. The van der Waals surface area contributed by atoms with Crippen LogP contribution in [0.5, 0.6) is 5.75 Å². The van der Waals surface area contributed by atoms with Crippen molar-refractivity contribution in [1.29, 1.82) is 0 Å². The highest BCUT2D eigenvalue weighted by Gasteiger charge is 2.42. The molecule has 7 aromatic rings. The van der Waals surface area contributed by atoms with Crippen LogP contribution in [0.3, 0.4) is 0 Å². The molecule has 4 amide bonds. The molecule has 3 aromatic heterocycles. The number of para-hydroxylation sites is 1. The molecule has 1 aliphatic carbocycles. The molecule has 0 bridgehead atoms. The molecule has 4 aromatic carbocycles. The van der Waals surface area contributed by atoms with Gasteiger partial charge in [-0.05, 0) is 174 Å². The van der Waals surface area contributed by atoms with Crippen molar-refractivity contribution in [2.75, 3.05) is 48.3 Å². The van der Waals surface area contributed by atoms with Crippen LogP contribution in [0.4, 0.5) is 16.6 Å². The summed E-state index contributed by atoms with van der Waals surface area (Å²) in [6.45, 7) is 11.2. The average molecular weight is 1040 g/mol. The van der Waals surface area contributed by atoms with Gasteiger partial charge in [-0.1, -0.05) is 47.7 Å². The molecule has 0 radical (unpaired) electrons. The Labute approximate surface area is 445 Å². The van der Waals surface area contributed by atoms with Crippen molar-refractivity contribution in [3.05, 3.63) is 125 Å². The van der Waals surface area contributed by atoms with E-state index in [0.29, 0.717) is 78.5 Å². The molecule has 76 heavy (non-hydrogen) atoms. The van der Waals surface area contributed by atoms with Gasteiger partial charge in [-0.15, -0.1) is 0 Å². The lowest BCUT2D eigenvalue weighted by atomic mass is 9.76. The Morgan fingerprint density at radius 1 is 0.868 bits per heavy atom. The number of esters is 1. The maximum atomic E-state index is 14.1. The number of benzene rings is 4. The topological polar surface area (TPSA) is 190 Å².